The Kier molecular flexibility index (Phi) is 3.43. The van der Waals surface area contributed by atoms with Gasteiger partial charge in [-0.3, -0.25) is 0 Å². The third kappa shape index (κ3) is 2.04. The molecule has 0 radical (unpaired) electrons. The Morgan fingerprint density at radius 3 is 2.75 bits per heavy atom. The van der Waals surface area contributed by atoms with Crippen LogP contribution in [0.25, 0.3) is 0 Å². The summed E-state index contributed by atoms with van der Waals surface area (Å²) >= 11 is 0. The molecule has 2 rings (SSSR count). The molecule has 0 bridgehead atoms. The van der Waals surface area contributed by atoms with Crippen LogP contribution in [0.5, 0.6) is 0 Å². The van der Waals surface area contributed by atoms with Gasteiger partial charge in [0.05, 0.1) is 5.92 Å². The van der Waals surface area contributed by atoms with Crippen LogP contribution in [0.2, 0.25) is 0 Å². The van der Waals surface area contributed by atoms with E-state index in [1.807, 2.05) is 0 Å². The first-order valence-electron chi connectivity index (χ1n) is 6.08. The number of hydrogen-bond acceptors (Lipinski definition) is 5. The largest absolute Gasteiger partial charge is 0.339 e. The second kappa shape index (κ2) is 4.82. The molecule has 0 aliphatic carbocycles. The number of hydrogen-bond donors (Lipinski definition) is 1. The van der Waals surface area contributed by atoms with Gasteiger partial charge in [0, 0.05) is 19.1 Å². The molecular weight excluding hydrogens is 204 g/mol. The molecule has 1 aliphatic rings. The molecule has 2 heterocycles. The first-order valence-corrected chi connectivity index (χ1v) is 6.08. The summed E-state index contributed by atoms with van der Waals surface area (Å²) in [7, 11) is 0. The van der Waals surface area contributed by atoms with E-state index in [0.29, 0.717) is 12.0 Å². The molecule has 16 heavy (non-hydrogen) atoms. The van der Waals surface area contributed by atoms with Gasteiger partial charge in [0.15, 0.2) is 0 Å². The van der Waals surface area contributed by atoms with Crippen LogP contribution in [0.4, 0.5) is 5.95 Å². The zero-order valence-corrected chi connectivity index (χ0v) is 10.2. The lowest BCUT2D eigenvalue weighted by atomic mass is 10.0. The Labute approximate surface area is 96.2 Å². The minimum absolute atomic E-state index is 0.372. The smallest absolute Gasteiger partial charge is 0.266 e. The van der Waals surface area contributed by atoms with Gasteiger partial charge in [0.25, 0.3) is 5.95 Å². The van der Waals surface area contributed by atoms with Gasteiger partial charge < -0.3 is 14.7 Å². The lowest BCUT2D eigenvalue weighted by Crippen LogP contribution is -2.23. The molecule has 1 N–H and O–H groups in total. The Morgan fingerprint density at radius 1 is 1.44 bits per heavy atom. The molecule has 5 heteroatoms. The highest BCUT2D eigenvalue weighted by Crippen LogP contribution is 2.27. The minimum atomic E-state index is 0.372. The maximum atomic E-state index is 5.36. The number of nitrogens with zero attached hydrogens (tertiary/aromatic N) is 3. The van der Waals surface area contributed by atoms with Crippen LogP contribution < -0.4 is 10.2 Å². The second-order valence-electron chi connectivity index (χ2n) is 4.24. The molecule has 2 atom stereocenters. The van der Waals surface area contributed by atoms with Crippen LogP contribution in [-0.2, 0) is 0 Å². The Hall–Kier alpha value is -1.10. The second-order valence-corrected chi connectivity index (χ2v) is 4.24. The van der Waals surface area contributed by atoms with Crippen molar-refractivity contribution in [1.29, 1.82) is 0 Å². The Balaban J connectivity index is 2.12. The van der Waals surface area contributed by atoms with E-state index < -0.39 is 0 Å². The van der Waals surface area contributed by atoms with Crippen molar-refractivity contribution < 1.29 is 4.52 Å². The van der Waals surface area contributed by atoms with Crippen molar-refractivity contribution >= 4 is 5.95 Å². The molecule has 5 nitrogen and oxygen atoms in total. The molecule has 1 aromatic rings. The van der Waals surface area contributed by atoms with E-state index >= 15 is 0 Å². The van der Waals surface area contributed by atoms with Crippen molar-refractivity contribution in [1.82, 2.24) is 15.5 Å². The van der Waals surface area contributed by atoms with Crippen LogP contribution in [0.15, 0.2) is 4.52 Å². The molecule has 1 fully saturated rings. The van der Waals surface area contributed by atoms with Gasteiger partial charge in [-0.05, 0) is 38.9 Å². The molecule has 2 unspecified atom stereocenters. The number of nitrogens with one attached hydrogen (secondary N) is 1. The normalized spacial score (nSPS) is 24.9. The van der Waals surface area contributed by atoms with Crippen LogP contribution in [0.1, 0.15) is 39.0 Å². The van der Waals surface area contributed by atoms with E-state index in [-0.39, 0.29) is 0 Å². The van der Waals surface area contributed by atoms with Crippen molar-refractivity contribution in [2.45, 2.75) is 39.2 Å². The summed E-state index contributed by atoms with van der Waals surface area (Å²) in [5.74, 6) is 1.87. The fraction of sp³-hybridized carbons (Fsp3) is 0.818. The summed E-state index contributed by atoms with van der Waals surface area (Å²) in [5.41, 5.74) is 0. The van der Waals surface area contributed by atoms with E-state index in [1.54, 1.807) is 0 Å². The summed E-state index contributed by atoms with van der Waals surface area (Å²) in [4.78, 5) is 6.59. The SMILES string of the molecule is CCN(CC)c1noc(C2CCNC2C)n1. The third-order valence-corrected chi connectivity index (χ3v) is 3.32. The van der Waals surface area contributed by atoms with Crippen molar-refractivity contribution in [3.8, 4) is 0 Å². The maximum absolute atomic E-state index is 5.36. The highest BCUT2D eigenvalue weighted by Gasteiger charge is 2.29. The van der Waals surface area contributed by atoms with Gasteiger partial charge in [-0.25, -0.2) is 0 Å². The summed E-state index contributed by atoms with van der Waals surface area (Å²) in [6.07, 6.45) is 1.08. The first-order chi connectivity index (χ1) is 7.76. The molecule has 0 spiro atoms. The number of anilines is 1. The molecule has 1 saturated heterocycles. The van der Waals surface area contributed by atoms with Crippen LogP contribution in [0.3, 0.4) is 0 Å². The molecular formula is C11H20N4O. The topological polar surface area (TPSA) is 54.2 Å². The first kappa shape index (κ1) is 11.4. The maximum Gasteiger partial charge on any atom is 0.266 e. The van der Waals surface area contributed by atoms with Gasteiger partial charge in [0.2, 0.25) is 5.89 Å². The van der Waals surface area contributed by atoms with Crippen LogP contribution >= 0.6 is 0 Å². The number of rotatable bonds is 4. The zero-order valence-electron chi connectivity index (χ0n) is 10.2. The predicted octanol–water partition coefficient (Wildman–Crippen LogP) is 1.38. The summed E-state index contributed by atoms with van der Waals surface area (Å²) in [6.45, 7) is 9.22. The van der Waals surface area contributed by atoms with Gasteiger partial charge in [0.1, 0.15) is 0 Å². The monoisotopic (exact) mass is 224 g/mol. The van der Waals surface area contributed by atoms with Gasteiger partial charge in [-0.15, -0.1) is 0 Å². The summed E-state index contributed by atoms with van der Waals surface area (Å²) < 4.78 is 5.36. The Morgan fingerprint density at radius 2 is 2.19 bits per heavy atom. The third-order valence-electron chi connectivity index (χ3n) is 3.32. The lowest BCUT2D eigenvalue weighted by Gasteiger charge is -2.14. The zero-order chi connectivity index (χ0) is 11.5. The van der Waals surface area contributed by atoms with E-state index in [4.69, 9.17) is 4.52 Å². The number of aromatic nitrogens is 2. The molecule has 0 saturated carbocycles. The summed E-state index contributed by atoms with van der Waals surface area (Å²) in [6, 6.07) is 0.435. The minimum Gasteiger partial charge on any atom is -0.339 e. The van der Waals surface area contributed by atoms with Gasteiger partial charge >= 0.3 is 0 Å². The molecule has 0 aromatic carbocycles. The molecule has 1 aliphatic heterocycles. The molecule has 1 aromatic heterocycles. The van der Waals surface area contributed by atoms with E-state index in [1.165, 1.54) is 0 Å². The Bertz CT molecular complexity index is 334. The van der Waals surface area contributed by atoms with Crippen molar-refractivity contribution in [2.24, 2.45) is 0 Å². The highest BCUT2D eigenvalue weighted by atomic mass is 16.5. The summed E-state index contributed by atoms with van der Waals surface area (Å²) in [5, 5.41) is 7.44. The van der Waals surface area contributed by atoms with Gasteiger partial charge in [-0.2, -0.15) is 4.98 Å². The molecule has 90 valence electrons. The average Bonchev–Trinajstić information content (AvgIpc) is 2.89. The van der Waals surface area contributed by atoms with E-state index in [0.717, 1.165) is 37.9 Å². The highest BCUT2D eigenvalue weighted by molar-refractivity contribution is 5.27. The quantitative estimate of drug-likeness (QED) is 0.837. The van der Waals surface area contributed by atoms with Crippen molar-refractivity contribution in [2.75, 3.05) is 24.5 Å². The standard InChI is InChI=1S/C11H20N4O/c1-4-15(5-2)11-13-10(16-14-11)9-6-7-12-8(9)3/h8-9,12H,4-7H2,1-3H3. The average molecular weight is 224 g/mol. The fourth-order valence-electron chi connectivity index (χ4n) is 2.21. The lowest BCUT2D eigenvalue weighted by molar-refractivity contribution is 0.344. The van der Waals surface area contributed by atoms with Crippen molar-refractivity contribution in [3.63, 3.8) is 0 Å². The van der Waals surface area contributed by atoms with E-state index in [9.17, 15) is 0 Å². The predicted molar refractivity (Wildman–Crippen MR) is 62.7 cm³/mol. The van der Waals surface area contributed by atoms with Gasteiger partial charge in [-0.1, -0.05) is 0 Å². The van der Waals surface area contributed by atoms with E-state index in [2.05, 4.69) is 41.1 Å². The van der Waals surface area contributed by atoms with Crippen LogP contribution in [-0.4, -0.2) is 35.8 Å². The fourth-order valence-corrected chi connectivity index (χ4v) is 2.21. The molecule has 0 amide bonds. The van der Waals surface area contributed by atoms with Crippen molar-refractivity contribution in [3.05, 3.63) is 5.89 Å². The van der Waals surface area contributed by atoms with Crippen LogP contribution in [0, 0.1) is 0 Å².